The van der Waals surface area contributed by atoms with Crippen LogP contribution in [0.1, 0.15) is 27.9 Å². The van der Waals surface area contributed by atoms with Crippen LogP contribution in [-0.2, 0) is 17.8 Å². The zero-order chi connectivity index (χ0) is 22.1. The molecule has 0 radical (unpaired) electrons. The Hall–Kier alpha value is -2.62. The SMILES string of the molecule is COc1ccc(CN2Cc3c(F)c(NC4CCOCC4N)nc(Cl)c3C2=O)c(OC)c1. The van der Waals surface area contributed by atoms with E-state index in [9.17, 15) is 4.79 Å². The Kier molecular flexibility index (Phi) is 6.17. The molecule has 2 aromatic rings. The number of benzene rings is 1. The van der Waals surface area contributed by atoms with Crippen LogP contribution >= 0.6 is 11.6 Å². The van der Waals surface area contributed by atoms with Crippen molar-refractivity contribution in [1.29, 1.82) is 0 Å². The van der Waals surface area contributed by atoms with Gasteiger partial charge in [-0.05, 0) is 18.6 Å². The van der Waals surface area contributed by atoms with E-state index in [1.807, 2.05) is 6.07 Å². The van der Waals surface area contributed by atoms with Crippen molar-refractivity contribution in [2.75, 3.05) is 32.8 Å². The second kappa shape index (κ2) is 8.86. The Bertz CT molecular complexity index is 1010. The maximum atomic E-state index is 15.3. The van der Waals surface area contributed by atoms with Crippen molar-refractivity contribution in [3.63, 3.8) is 0 Å². The molecule has 2 unspecified atom stereocenters. The summed E-state index contributed by atoms with van der Waals surface area (Å²) in [7, 11) is 3.10. The van der Waals surface area contributed by atoms with Crippen LogP contribution in [0.25, 0.3) is 0 Å². The fourth-order valence-electron chi connectivity index (χ4n) is 3.89. The van der Waals surface area contributed by atoms with Crippen LogP contribution in [-0.4, -0.2) is 55.3 Å². The van der Waals surface area contributed by atoms with Gasteiger partial charge in [0.05, 0.1) is 32.9 Å². The molecule has 10 heteroatoms. The van der Waals surface area contributed by atoms with E-state index in [1.54, 1.807) is 19.2 Å². The number of aromatic nitrogens is 1. The average Bonchev–Trinajstić information content (AvgIpc) is 3.10. The summed E-state index contributed by atoms with van der Waals surface area (Å²) in [5.74, 6) is 0.248. The van der Waals surface area contributed by atoms with Crippen LogP contribution < -0.4 is 20.5 Å². The number of pyridine rings is 1. The lowest BCUT2D eigenvalue weighted by Gasteiger charge is -2.30. The smallest absolute Gasteiger partial charge is 0.258 e. The molecule has 0 spiro atoms. The number of nitrogens with one attached hydrogen (secondary N) is 1. The molecule has 1 amide bonds. The number of carbonyl (C=O) groups is 1. The van der Waals surface area contributed by atoms with Crippen molar-refractivity contribution in [2.45, 2.75) is 31.6 Å². The van der Waals surface area contributed by atoms with Gasteiger partial charge in [-0.25, -0.2) is 9.37 Å². The zero-order valence-electron chi connectivity index (χ0n) is 17.3. The number of ether oxygens (including phenoxy) is 3. The standard InChI is InChI=1S/C21H24ClFN4O4/c1-29-12-4-3-11(16(7-12)30-2)8-27-9-13-17(21(27)28)19(22)26-20(18(13)23)25-15-5-6-31-10-14(15)24/h3-4,7,14-15H,5-6,8-10,24H2,1-2H3,(H,25,26). The molecule has 31 heavy (non-hydrogen) atoms. The number of nitrogens with two attached hydrogens (primary N) is 1. The van der Waals surface area contributed by atoms with Gasteiger partial charge in [-0.2, -0.15) is 0 Å². The topological polar surface area (TPSA) is 98.9 Å². The quantitative estimate of drug-likeness (QED) is 0.652. The minimum Gasteiger partial charge on any atom is -0.497 e. The monoisotopic (exact) mass is 450 g/mol. The highest BCUT2D eigenvalue weighted by Crippen LogP contribution is 2.36. The highest BCUT2D eigenvalue weighted by atomic mass is 35.5. The Morgan fingerprint density at radius 3 is 2.90 bits per heavy atom. The summed E-state index contributed by atoms with van der Waals surface area (Å²) >= 11 is 6.30. The lowest BCUT2D eigenvalue weighted by molar-refractivity contribution is 0.0750. The molecule has 0 aliphatic carbocycles. The molecule has 8 nitrogen and oxygen atoms in total. The molecular weight excluding hydrogens is 427 g/mol. The summed E-state index contributed by atoms with van der Waals surface area (Å²) in [6.45, 7) is 1.21. The lowest BCUT2D eigenvalue weighted by atomic mass is 10.0. The second-order valence-electron chi connectivity index (χ2n) is 7.54. The first-order valence-corrected chi connectivity index (χ1v) is 10.3. The Morgan fingerprint density at radius 1 is 1.39 bits per heavy atom. The Morgan fingerprint density at radius 2 is 2.19 bits per heavy atom. The third-order valence-electron chi connectivity index (χ3n) is 5.62. The van der Waals surface area contributed by atoms with Crippen molar-refractivity contribution in [3.8, 4) is 11.5 Å². The summed E-state index contributed by atoms with van der Waals surface area (Å²) in [4.78, 5) is 18.6. The molecule has 2 aliphatic heterocycles. The van der Waals surface area contributed by atoms with Gasteiger partial charge in [-0.15, -0.1) is 0 Å². The van der Waals surface area contributed by atoms with Crippen molar-refractivity contribution in [2.24, 2.45) is 5.73 Å². The van der Waals surface area contributed by atoms with Crippen molar-refractivity contribution >= 4 is 23.3 Å². The van der Waals surface area contributed by atoms with Gasteiger partial charge in [0.1, 0.15) is 16.7 Å². The molecule has 2 aliphatic rings. The Labute approximate surface area is 184 Å². The molecule has 1 saturated heterocycles. The number of amides is 1. The predicted molar refractivity (Wildman–Crippen MR) is 113 cm³/mol. The van der Waals surface area contributed by atoms with E-state index in [2.05, 4.69) is 10.3 Å². The van der Waals surface area contributed by atoms with Gasteiger partial charge in [0.2, 0.25) is 0 Å². The van der Waals surface area contributed by atoms with Gasteiger partial charge in [-0.1, -0.05) is 11.6 Å². The van der Waals surface area contributed by atoms with E-state index in [4.69, 9.17) is 31.5 Å². The second-order valence-corrected chi connectivity index (χ2v) is 7.89. The van der Waals surface area contributed by atoms with Gasteiger partial charge >= 0.3 is 0 Å². The van der Waals surface area contributed by atoms with Gasteiger partial charge in [0.25, 0.3) is 5.91 Å². The summed E-state index contributed by atoms with van der Waals surface area (Å²) in [6.07, 6.45) is 0.624. The van der Waals surface area contributed by atoms with Gasteiger partial charge in [0.15, 0.2) is 11.6 Å². The van der Waals surface area contributed by atoms with Crippen molar-refractivity contribution in [3.05, 3.63) is 45.9 Å². The van der Waals surface area contributed by atoms with Crippen LogP contribution in [0.15, 0.2) is 18.2 Å². The van der Waals surface area contributed by atoms with Crippen LogP contribution in [0.3, 0.4) is 0 Å². The molecule has 166 valence electrons. The molecule has 0 bridgehead atoms. The van der Waals surface area contributed by atoms with E-state index in [1.165, 1.54) is 12.0 Å². The first-order valence-electron chi connectivity index (χ1n) is 9.90. The van der Waals surface area contributed by atoms with Crippen LogP contribution in [0.2, 0.25) is 5.15 Å². The first-order chi connectivity index (χ1) is 14.9. The summed E-state index contributed by atoms with van der Waals surface area (Å²) in [5, 5.41) is 3.01. The highest BCUT2D eigenvalue weighted by molar-refractivity contribution is 6.33. The molecule has 2 atom stereocenters. The summed E-state index contributed by atoms with van der Waals surface area (Å²) in [5.41, 5.74) is 7.13. The number of fused-ring (bicyclic) bond motifs is 1. The normalized spacial score (nSPS) is 20.5. The average molecular weight is 451 g/mol. The fourth-order valence-corrected chi connectivity index (χ4v) is 4.17. The van der Waals surface area contributed by atoms with Gasteiger partial charge in [-0.3, -0.25) is 4.79 Å². The third-order valence-corrected chi connectivity index (χ3v) is 5.89. The molecule has 1 aromatic carbocycles. The first kappa shape index (κ1) is 21.6. The predicted octanol–water partition coefficient (Wildman–Crippen LogP) is 2.58. The molecule has 1 fully saturated rings. The van der Waals surface area contributed by atoms with Gasteiger partial charge in [0, 0.05) is 42.4 Å². The van der Waals surface area contributed by atoms with Gasteiger partial charge < -0.3 is 30.2 Å². The minimum absolute atomic E-state index is 0.00257. The minimum atomic E-state index is -0.587. The molecule has 0 saturated carbocycles. The number of carbonyl (C=O) groups excluding carboxylic acids is 1. The molecule has 1 aromatic heterocycles. The lowest BCUT2D eigenvalue weighted by Crippen LogP contribution is -2.47. The van der Waals surface area contributed by atoms with E-state index in [-0.39, 0.29) is 53.2 Å². The van der Waals surface area contributed by atoms with Crippen molar-refractivity contribution in [1.82, 2.24) is 9.88 Å². The summed E-state index contributed by atoms with van der Waals surface area (Å²) < 4.78 is 31.2. The number of methoxy groups -OCH3 is 2. The summed E-state index contributed by atoms with van der Waals surface area (Å²) in [6, 6.07) is 4.84. The number of hydrogen-bond acceptors (Lipinski definition) is 7. The highest BCUT2D eigenvalue weighted by Gasteiger charge is 2.36. The fraction of sp³-hybridized carbons (Fsp3) is 0.429. The van der Waals surface area contributed by atoms with E-state index < -0.39 is 5.82 Å². The molecule has 3 N–H and O–H groups in total. The number of rotatable bonds is 6. The molecule has 4 rings (SSSR count). The molecular formula is C21H24ClFN4O4. The zero-order valence-corrected chi connectivity index (χ0v) is 18.0. The van der Waals surface area contributed by atoms with Crippen molar-refractivity contribution < 1.29 is 23.4 Å². The van der Waals surface area contributed by atoms with Crippen LogP contribution in [0, 0.1) is 5.82 Å². The van der Waals surface area contributed by atoms with Crippen LogP contribution in [0.5, 0.6) is 11.5 Å². The van der Waals surface area contributed by atoms with E-state index >= 15 is 4.39 Å². The maximum absolute atomic E-state index is 15.3. The number of halogens is 2. The maximum Gasteiger partial charge on any atom is 0.258 e. The molecule has 3 heterocycles. The Balaban J connectivity index is 1.58. The van der Waals surface area contributed by atoms with E-state index in [0.29, 0.717) is 31.1 Å². The van der Waals surface area contributed by atoms with E-state index in [0.717, 1.165) is 5.56 Å². The van der Waals surface area contributed by atoms with Crippen LogP contribution in [0.4, 0.5) is 10.2 Å². The third kappa shape index (κ3) is 4.13. The number of nitrogens with zero attached hydrogens (tertiary/aromatic N) is 2. The number of anilines is 1. The number of hydrogen-bond donors (Lipinski definition) is 2. The largest absolute Gasteiger partial charge is 0.497 e.